The first-order chi connectivity index (χ1) is 8.45. The molecule has 0 bridgehead atoms. The molecule has 18 heavy (non-hydrogen) atoms. The van der Waals surface area contributed by atoms with Gasteiger partial charge in [-0.25, -0.2) is 0 Å². The smallest absolute Gasteiger partial charge is 0.252 e. The Hall–Kier alpha value is -1.00. The Morgan fingerprint density at radius 2 is 2.17 bits per heavy atom. The Morgan fingerprint density at radius 3 is 2.67 bits per heavy atom. The lowest BCUT2D eigenvalue weighted by atomic mass is 9.99. The lowest BCUT2D eigenvalue weighted by Gasteiger charge is -2.27. The van der Waals surface area contributed by atoms with Crippen LogP contribution in [0.3, 0.4) is 0 Å². The molecule has 0 spiro atoms. The average molecular weight is 267 g/mol. The molecule has 0 aliphatic carbocycles. The van der Waals surface area contributed by atoms with Crippen molar-refractivity contribution in [1.82, 2.24) is 5.32 Å². The van der Waals surface area contributed by atoms with Crippen molar-refractivity contribution in [1.29, 1.82) is 0 Å². The van der Waals surface area contributed by atoms with E-state index in [4.69, 9.17) is 0 Å². The van der Waals surface area contributed by atoms with Gasteiger partial charge in [-0.3, -0.25) is 4.79 Å². The van der Waals surface area contributed by atoms with Crippen LogP contribution in [-0.2, 0) is 0 Å². The van der Waals surface area contributed by atoms with Gasteiger partial charge >= 0.3 is 0 Å². The summed E-state index contributed by atoms with van der Waals surface area (Å²) < 4.78 is 0. The number of aryl methyl sites for hydroxylation is 1. The monoisotopic (exact) mass is 267 g/mol. The Morgan fingerprint density at radius 1 is 1.50 bits per heavy atom. The summed E-state index contributed by atoms with van der Waals surface area (Å²) in [6.45, 7) is 5.65. The second-order valence-electron chi connectivity index (χ2n) is 4.71. The fraction of sp³-hybridized carbons (Fsp3) is 0.500. The Labute approximate surface area is 113 Å². The molecule has 1 aromatic rings. The van der Waals surface area contributed by atoms with Crippen molar-refractivity contribution in [3.05, 3.63) is 29.3 Å². The minimum Gasteiger partial charge on any atom is -0.394 e. The molecule has 2 N–H and O–H groups in total. The van der Waals surface area contributed by atoms with Crippen molar-refractivity contribution in [2.24, 2.45) is 0 Å². The second kappa shape index (κ2) is 6.25. The van der Waals surface area contributed by atoms with E-state index in [9.17, 15) is 9.90 Å². The van der Waals surface area contributed by atoms with Crippen molar-refractivity contribution in [3.63, 3.8) is 0 Å². The fourth-order valence-corrected chi connectivity index (χ4v) is 1.99. The predicted molar refractivity (Wildman–Crippen MR) is 76.2 cm³/mol. The van der Waals surface area contributed by atoms with Crippen LogP contribution in [0.4, 0.5) is 0 Å². The van der Waals surface area contributed by atoms with E-state index in [1.54, 1.807) is 11.8 Å². The first-order valence-corrected chi connectivity index (χ1v) is 7.26. The lowest BCUT2D eigenvalue weighted by Crippen LogP contribution is -2.48. The third-order valence-electron chi connectivity index (χ3n) is 3.23. The van der Waals surface area contributed by atoms with Gasteiger partial charge in [0.1, 0.15) is 0 Å². The summed E-state index contributed by atoms with van der Waals surface area (Å²) in [6.07, 6.45) is 2.67. The molecule has 4 heteroatoms. The van der Waals surface area contributed by atoms with E-state index in [0.717, 1.165) is 10.5 Å². The zero-order valence-electron chi connectivity index (χ0n) is 11.4. The number of thioether (sulfide) groups is 1. The first-order valence-electron chi connectivity index (χ1n) is 6.03. The summed E-state index contributed by atoms with van der Waals surface area (Å²) in [6, 6.07) is 5.84. The molecule has 0 fully saturated rings. The normalized spacial score (nSPS) is 14.1. The van der Waals surface area contributed by atoms with Crippen LogP contribution in [0.5, 0.6) is 0 Å². The molecule has 1 amide bonds. The van der Waals surface area contributed by atoms with Gasteiger partial charge in [-0.1, -0.05) is 13.0 Å². The molecule has 0 aliphatic heterocycles. The average Bonchev–Trinajstić information content (AvgIpc) is 2.39. The van der Waals surface area contributed by atoms with Gasteiger partial charge in [0, 0.05) is 10.5 Å². The van der Waals surface area contributed by atoms with Crippen molar-refractivity contribution >= 4 is 17.7 Å². The minimum absolute atomic E-state index is 0.0590. The zero-order chi connectivity index (χ0) is 13.8. The molecular formula is C14H21NO2S. The highest BCUT2D eigenvalue weighted by Crippen LogP contribution is 2.20. The van der Waals surface area contributed by atoms with E-state index in [0.29, 0.717) is 12.0 Å². The number of aliphatic hydroxyl groups excluding tert-OH is 1. The van der Waals surface area contributed by atoms with Gasteiger partial charge in [0.2, 0.25) is 0 Å². The number of aliphatic hydroxyl groups is 1. The third kappa shape index (κ3) is 3.50. The molecule has 0 heterocycles. The van der Waals surface area contributed by atoms with Crippen LogP contribution < -0.4 is 5.32 Å². The van der Waals surface area contributed by atoms with E-state index in [2.05, 4.69) is 5.32 Å². The number of rotatable bonds is 5. The highest BCUT2D eigenvalue weighted by molar-refractivity contribution is 7.98. The lowest BCUT2D eigenvalue weighted by molar-refractivity contribution is 0.0846. The predicted octanol–water partition coefficient (Wildman–Crippen LogP) is 2.61. The molecule has 1 aromatic carbocycles. The summed E-state index contributed by atoms with van der Waals surface area (Å²) >= 11 is 1.61. The van der Waals surface area contributed by atoms with Crippen molar-refractivity contribution in [2.75, 3.05) is 12.9 Å². The number of carbonyl (C=O) groups is 1. The molecule has 100 valence electrons. The van der Waals surface area contributed by atoms with Crippen LogP contribution in [0.15, 0.2) is 23.1 Å². The highest BCUT2D eigenvalue weighted by Gasteiger charge is 2.24. The fourth-order valence-electron chi connectivity index (χ4n) is 1.55. The van der Waals surface area contributed by atoms with Crippen LogP contribution >= 0.6 is 11.8 Å². The molecule has 0 radical (unpaired) electrons. The standard InChI is InChI=1S/C14H21NO2S/c1-5-14(3,9-16)15-13(17)12-8-11(18-4)7-6-10(12)2/h6-8,16H,5,9H2,1-4H3,(H,15,17). The number of hydrogen-bond acceptors (Lipinski definition) is 3. The van der Waals surface area contributed by atoms with Crippen LogP contribution in [0, 0.1) is 6.92 Å². The van der Waals surface area contributed by atoms with Crippen molar-refractivity contribution < 1.29 is 9.90 Å². The maximum atomic E-state index is 12.2. The maximum absolute atomic E-state index is 12.2. The molecule has 3 nitrogen and oxygen atoms in total. The van der Waals surface area contributed by atoms with Crippen LogP contribution in [0.2, 0.25) is 0 Å². The van der Waals surface area contributed by atoms with Gasteiger partial charge < -0.3 is 10.4 Å². The molecule has 0 aliphatic rings. The largest absolute Gasteiger partial charge is 0.394 e. The summed E-state index contributed by atoms with van der Waals surface area (Å²) in [7, 11) is 0. The van der Waals surface area contributed by atoms with Crippen LogP contribution in [-0.4, -0.2) is 29.4 Å². The van der Waals surface area contributed by atoms with Crippen LogP contribution in [0.1, 0.15) is 36.2 Å². The number of benzene rings is 1. The van der Waals surface area contributed by atoms with E-state index in [1.807, 2.05) is 45.2 Å². The Bertz CT molecular complexity index is 428. The summed E-state index contributed by atoms with van der Waals surface area (Å²) in [5, 5.41) is 12.2. The topological polar surface area (TPSA) is 49.3 Å². The van der Waals surface area contributed by atoms with E-state index in [-0.39, 0.29) is 12.5 Å². The Kier molecular flexibility index (Phi) is 5.23. The molecular weight excluding hydrogens is 246 g/mol. The molecule has 0 saturated carbocycles. The number of nitrogens with one attached hydrogen (secondary N) is 1. The molecule has 0 saturated heterocycles. The van der Waals surface area contributed by atoms with Crippen molar-refractivity contribution in [3.8, 4) is 0 Å². The summed E-state index contributed by atoms with van der Waals surface area (Å²) in [5.41, 5.74) is 1.07. The molecule has 1 atom stereocenters. The summed E-state index contributed by atoms with van der Waals surface area (Å²) in [4.78, 5) is 13.3. The number of carbonyl (C=O) groups excluding carboxylic acids is 1. The molecule has 1 unspecified atom stereocenters. The highest BCUT2D eigenvalue weighted by atomic mass is 32.2. The van der Waals surface area contributed by atoms with E-state index < -0.39 is 5.54 Å². The summed E-state index contributed by atoms with van der Waals surface area (Å²) in [5.74, 6) is -0.123. The van der Waals surface area contributed by atoms with E-state index in [1.165, 1.54) is 0 Å². The van der Waals surface area contributed by atoms with E-state index >= 15 is 0 Å². The minimum atomic E-state index is -0.557. The van der Waals surface area contributed by atoms with Gasteiger partial charge in [0.05, 0.1) is 12.1 Å². The quantitative estimate of drug-likeness (QED) is 0.806. The number of amides is 1. The SMILES string of the molecule is CCC(C)(CO)NC(=O)c1cc(SC)ccc1C. The van der Waals surface area contributed by atoms with Gasteiger partial charge in [0.25, 0.3) is 5.91 Å². The third-order valence-corrected chi connectivity index (χ3v) is 3.96. The first kappa shape index (κ1) is 15.1. The van der Waals surface area contributed by atoms with Gasteiger partial charge in [-0.15, -0.1) is 11.8 Å². The zero-order valence-corrected chi connectivity index (χ0v) is 12.2. The Balaban J connectivity index is 2.97. The maximum Gasteiger partial charge on any atom is 0.252 e. The van der Waals surface area contributed by atoms with Crippen molar-refractivity contribution in [2.45, 2.75) is 37.6 Å². The molecule has 0 aromatic heterocycles. The van der Waals surface area contributed by atoms with Crippen LogP contribution in [0.25, 0.3) is 0 Å². The molecule has 1 rings (SSSR count). The van der Waals surface area contributed by atoms with Gasteiger partial charge in [0.15, 0.2) is 0 Å². The van der Waals surface area contributed by atoms with Gasteiger partial charge in [-0.05, 0) is 44.2 Å². The second-order valence-corrected chi connectivity index (χ2v) is 5.59. The number of hydrogen-bond donors (Lipinski definition) is 2. The van der Waals surface area contributed by atoms with Gasteiger partial charge in [-0.2, -0.15) is 0 Å².